The number of carbonyl (C=O) groups excluding carboxylic acids is 1. The minimum absolute atomic E-state index is 0.0178. The van der Waals surface area contributed by atoms with E-state index in [0.29, 0.717) is 12.0 Å². The summed E-state index contributed by atoms with van der Waals surface area (Å²) in [7, 11) is 0. The number of nitrogens with two attached hydrogens (primary N) is 1. The fourth-order valence-electron chi connectivity index (χ4n) is 4.60. The minimum Gasteiger partial charge on any atom is -0.315 e. The first-order valence-electron chi connectivity index (χ1n) is 9.51. The molecule has 0 aromatic heterocycles. The number of aryl methyl sites for hydroxylation is 1. The van der Waals surface area contributed by atoms with Crippen LogP contribution in [0.25, 0.3) is 21.5 Å². The molecule has 1 atom stereocenters. The summed E-state index contributed by atoms with van der Waals surface area (Å²) >= 11 is 0. The monoisotopic (exact) mass is 351 g/mol. The molecule has 4 aromatic rings. The average Bonchev–Trinajstić information content (AvgIpc) is 2.73. The normalized spacial score (nSPS) is 19.1. The predicted molar refractivity (Wildman–Crippen MR) is 111 cm³/mol. The molecule has 27 heavy (non-hydrogen) atoms. The molecule has 1 aliphatic carbocycles. The Kier molecular flexibility index (Phi) is 3.63. The van der Waals surface area contributed by atoms with Gasteiger partial charge >= 0.3 is 0 Å². The van der Waals surface area contributed by atoms with Gasteiger partial charge in [0.05, 0.1) is 0 Å². The van der Waals surface area contributed by atoms with Crippen molar-refractivity contribution < 1.29 is 4.79 Å². The van der Waals surface area contributed by atoms with E-state index in [1.807, 2.05) is 30.3 Å². The number of hydrogen-bond donors (Lipinski definition) is 1. The molecule has 0 bridgehead atoms. The van der Waals surface area contributed by atoms with Crippen LogP contribution in [0.5, 0.6) is 0 Å². The van der Waals surface area contributed by atoms with E-state index in [1.54, 1.807) is 0 Å². The van der Waals surface area contributed by atoms with E-state index in [4.69, 9.17) is 5.73 Å². The summed E-state index contributed by atoms with van der Waals surface area (Å²) in [6.45, 7) is 0. The maximum Gasteiger partial charge on any atom is 0.187 e. The molecule has 0 saturated carbocycles. The van der Waals surface area contributed by atoms with Crippen LogP contribution in [0, 0.1) is 0 Å². The third kappa shape index (κ3) is 2.41. The van der Waals surface area contributed by atoms with E-state index < -0.39 is 5.54 Å². The third-order valence-electron chi connectivity index (χ3n) is 5.96. The highest BCUT2D eigenvalue weighted by molar-refractivity contribution is 6.10. The smallest absolute Gasteiger partial charge is 0.187 e. The molecule has 0 radical (unpaired) electrons. The molecular weight excluding hydrogens is 330 g/mol. The van der Waals surface area contributed by atoms with E-state index in [-0.39, 0.29) is 5.78 Å². The fraction of sp³-hybridized carbons (Fsp3) is 0.160. The average molecular weight is 351 g/mol. The second-order valence-electron chi connectivity index (χ2n) is 7.49. The third-order valence-corrected chi connectivity index (χ3v) is 5.96. The quantitative estimate of drug-likeness (QED) is 0.390. The van der Waals surface area contributed by atoms with Crippen molar-refractivity contribution in [1.82, 2.24) is 0 Å². The molecule has 0 aliphatic heterocycles. The zero-order valence-corrected chi connectivity index (χ0v) is 15.1. The lowest BCUT2D eigenvalue weighted by Gasteiger charge is -2.35. The van der Waals surface area contributed by atoms with Gasteiger partial charge in [-0.1, -0.05) is 78.9 Å². The SMILES string of the molecule is NC1(C(=O)c2ccccc2)CCCc2c1ccc1c2ccc2ccccc21. The number of Topliss-reactive ketones (excluding diaryl/α,β-unsaturated/α-hetero) is 1. The molecule has 4 aromatic carbocycles. The van der Waals surface area contributed by atoms with Crippen molar-refractivity contribution in [2.75, 3.05) is 0 Å². The van der Waals surface area contributed by atoms with Crippen LogP contribution in [0.1, 0.15) is 34.3 Å². The summed E-state index contributed by atoms with van der Waals surface area (Å²) < 4.78 is 0. The maximum absolute atomic E-state index is 13.3. The van der Waals surface area contributed by atoms with Crippen molar-refractivity contribution in [3.8, 4) is 0 Å². The first-order chi connectivity index (χ1) is 13.2. The number of benzene rings is 4. The molecule has 2 nitrogen and oxygen atoms in total. The van der Waals surface area contributed by atoms with Gasteiger partial charge in [0.1, 0.15) is 5.54 Å². The Labute approximate surface area is 158 Å². The fourth-order valence-corrected chi connectivity index (χ4v) is 4.60. The Morgan fingerprint density at radius 1 is 0.778 bits per heavy atom. The van der Waals surface area contributed by atoms with Crippen LogP contribution in [0.2, 0.25) is 0 Å². The van der Waals surface area contributed by atoms with Crippen molar-refractivity contribution in [3.05, 3.63) is 95.6 Å². The van der Waals surface area contributed by atoms with Crippen LogP contribution < -0.4 is 5.73 Å². The van der Waals surface area contributed by atoms with E-state index in [2.05, 4.69) is 48.5 Å². The number of ketones is 1. The first kappa shape index (κ1) is 16.2. The van der Waals surface area contributed by atoms with Crippen LogP contribution >= 0.6 is 0 Å². The molecule has 0 spiro atoms. The van der Waals surface area contributed by atoms with Gasteiger partial charge in [0.25, 0.3) is 0 Å². The Morgan fingerprint density at radius 3 is 2.37 bits per heavy atom. The van der Waals surface area contributed by atoms with Gasteiger partial charge < -0.3 is 5.73 Å². The highest BCUT2D eigenvalue weighted by Gasteiger charge is 2.40. The molecule has 2 heteroatoms. The van der Waals surface area contributed by atoms with Crippen molar-refractivity contribution in [3.63, 3.8) is 0 Å². The molecule has 132 valence electrons. The molecule has 0 amide bonds. The van der Waals surface area contributed by atoms with Crippen LogP contribution in [-0.2, 0) is 12.0 Å². The lowest BCUT2D eigenvalue weighted by atomic mass is 9.71. The first-order valence-corrected chi connectivity index (χ1v) is 9.51. The maximum atomic E-state index is 13.3. The van der Waals surface area contributed by atoms with E-state index >= 15 is 0 Å². The molecule has 2 N–H and O–H groups in total. The molecular formula is C25H21NO. The summed E-state index contributed by atoms with van der Waals surface area (Å²) in [5.74, 6) is 0.0178. The van der Waals surface area contributed by atoms with Crippen molar-refractivity contribution >= 4 is 27.3 Å². The van der Waals surface area contributed by atoms with Gasteiger partial charge in [0.2, 0.25) is 0 Å². The Hall–Kier alpha value is -2.97. The summed E-state index contributed by atoms with van der Waals surface area (Å²) in [6, 6.07) is 26.5. The minimum atomic E-state index is -0.950. The largest absolute Gasteiger partial charge is 0.315 e. The molecule has 0 saturated heterocycles. The van der Waals surface area contributed by atoms with Gasteiger partial charge in [-0.05, 0) is 51.9 Å². The molecule has 0 heterocycles. The second-order valence-corrected chi connectivity index (χ2v) is 7.49. The van der Waals surface area contributed by atoms with Gasteiger partial charge in [-0.25, -0.2) is 0 Å². The van der Waals surface area contributed by atoms with E-state index in [9.17, 15) is 4.79 Å². The van der Waals surface area contributed by atoms with Gasteiger partial charge in [0.15, 0.2) is 5.78 Å². The van der Waals surface area contributed by atoms with Crippen LogP contribution in [-0.4, -0.2) is 5.78 Å². The second kappa shape index (κ2) is 6.04. The zero-order chi connectivity index (χ0) is 18.4. The molecule has 1 aliphatic rings. The lowest BCUT2D eigenvalue weighted by Crippen LogP contribution is -2.47. The summed E-state index contributed by atoms with van der Waals surface area (Å²) in [6.07, 6.45) is 2.58. The van der Waals surface area contributed by atoms with E-state index in [0.717, 1.165) is 18.4 Å². The number of rotatable bonds is 2. The molecule has 1 unspecified atom stereocenters. The summed E-state index contributed by atoms with van der Waals surface area (Å²) in [5, 5.41) is 4.95. The lowest BCUT2D eigenvalue weighted by molar-refractivity contribution is 0.0869. The van der Waals surface area contributed by atoms with Gasteiger partial charge in [-0.3, -0.25) is 4.79 Å². The topological polar surface area (TPSA) is 43.1 Å². The van der Waals surface area contributed by atoms with Gasteiger partial charge in [-0.15, -0.1) is 0 Å². The molecule has 5 rings (SSSR count). The van der Waals surface area contributed by atoms with Gasteiger partial charge in [0, 0.05) is 5.56 Å². The highest BCUT2D eigenvalue weighted by Crippen LogP contribution is 2.40. The Bertz CT molecular complexity index is 1180. The van der Waals surface area contributed by atoms with Gasteiger partial charge in [-0.2, -0.15) is 0 Å². The number of hydrogen-bond acceptors (Lipinski definition) is 2. The predicted octanol–water partition coefficient (Wildman–Crippen LogP) is 5.37. The van der Waals surface area contributed by atoms with Crippen LogP contribution in [0.15, 0.2) is 78.9 Å². The van der Waals surface area contributed by atoms with Crippen molar-refractivity contribution in [2.24, 2.45) is 5.73 Å². The number of fused-ring (bicyclic) bond motifs is 5. The van der Waals surface area contributed by atoms with Crippen LogP contribution in [0.3, 0.4) is 0 Å². The molecule has 0 fully saturated rings. The van der Waals surface area contributed by atoms with E-state index in [1.165, 1.54) is 27.1 Å². The Balaban J connectivity index is 1.74. The van der Waals surface area contributed by atoms with Crippen LogP contribution in [0.4, 0.5) is 0 Å². The summed E-state index contributed by atoms with van der Waals surface area (Å²) in [5.41, 5.74) is 8.76. The van der Waals surface area contributed by atoms with Crippen molar-refractivity contribution in [1.29, 1.82) is 0 Å². The highest BCUT2D eigenvalue weighted by atomic mass is 16.1. The number of carbonyl (C=O) groups is 1. The van der Waals surface area contributed by atoms with Crippen molar-refractivity contribution in [2.45, 2.75) is 24.8 Å². The standard InChI is InChI=1S/C25H21NO/c26-25(24(27)18-8-2-1-3-9-18)16-6-11-22-21-13-12-17-7-4-5-10-19(17)20(21)14-15-23(22)25/h1-5,7-10,12-15H,6,11,16,26H2. The zero-order valence-electron chi connectivity index (χ0n) is 15.1. The summed E-state index contributed by atoms with van der Waals surface area (Å²) in [4.78, 5) is 13.3. The Morgan fingerprint density at radius 2 is 1.52 bits per heavy atom.